The Morgan fingerprint density at radius 3 is 1.97 bits per heavy atom. The Labute approximate surface area is 174 Å². The molecule has 5 heteroatoms. The predicted molar refractivity (Wildman–Crippen MR) is 114 cm³/mol. The minimum Gasteiger partial charge on any atom is -0.508 e. The van der Waals surface area contributed by atoms with Crippen LogP contribution in [0.3, 0.4) is 0 Å². The number of esters is 1. The van der Waals surface area contributed by atoms with Gasteiger partial charge in [0.05, 0.1) is 0 Å². The van der Waals surface area contributed by atoms with E-state index < -0.39 is 22.5 Å². The van der Waals surface area contributed by atoms with Crippen LogP contribution in [0, 0.1) is 0 Å². The standard InChI is InChI=1S/C24H24O4S/c1-24(2,3)28-23(26)17-27-21-15-14-18(25)16-22(21)29(19-10-6-4-7-11-19)20-12-8-5-9-13-20/h4-16H,17H2,1-3H3/p+1. The van der Waals surface area contributed by atoms with Crippen LogP contribution in [0.15, 0.2) is 93.5 Å². The van der Waals surface area contributed by atoms with Crippen LogP contribution in [0.25, 0.3) is 0 Å². The predicted octanol–water partition coefficient (Wildman–Crippen LogP) is 5.21. The number of hydrogen-bond donors (Lipinski definition) is 1. The van der Waals surface area contributed by atoms with Crippen LogP contribution < -0.4 is 4.74 Å². The highest BCUT2D eigenvalue weighted by Gasteiger charge is 2.33. The van der Waals surface area contributed by atoms with Crippen LogP contribution in [0.5, 0.6) is 11.5 Å². The minimum atomic E-state index is -0.573. The van der Waals surface area contributed by atoms with Gasteiger partial charge in [-0.1, -0.05) is 36.4 Å². The summed E-state index contributed by atoms with van der Waals surface area (Å²) in [6.45, 7) is 5.26. The van der Waals surface area contributed by atoms with E-state index in [1.807, 2.05) is 57.2 Å². The summed E-state index contributed by atoms with van der Waals surface area (Å²) in [4.78, 5) is 15.1. The molecular weight excluding hydrogens is 384 g/mol. The minimum absolute atomic E-state index is 0.147. The second-order valence-electron chi connectivity index (χ2n) is 7.44. The highest BCUT2D eigenvalue weighted by Crippen LogP contribution is 2.38. The van der Waals surface area contributed by atoms with Gasteiger partial charge in [-0.3, -0.25) is 0 Å². The van der Waals surface area contributed by atoms with Crippen molar-refractivity contribution in [3.8, 4) is 11.5 Å². The van der Waals surface area contributed by atoms with Gasteiger partial charge in [0.25, 0.3) is 0 Å². The topological polar surface area (TPSA) is 55.8 Å². The lowest BCUT2D eigenvalue weighted by molar-refractivity contribution is -0.157. The van der Waals surface area contributed by atoms with Gasteiger partial charge in [-0.15, -0.1) is 0 Å². The molecule has 0 spiro atoms. The zero-order chi connectivity index (χ0) is 20.9. The van der Waals surface area contributed by atoms with Gasteiger partial charge in [0.15, 0.2) is 22.1 Å². The number of hydrogen-bond acceptors (Lipinski definition) is 4. The molecule has 0 bridgehead atoms. The van der Waals surface area contributed by atoms with Gasteiger partial charge in [-0.25, -0.2) is 4.79 Å². The molecule has 4 nitrogen and oxygen atoms in total. The molecule has 0 aliphatic rings. The monoisotopic (exact) mass is 409 g/mol. The Balaban J connectivity index is 1.98. The molecule has 1 N–H and O–H groups in total. The lowest BCUT2D eigenvalue weighted by Gasteiger charge is -2.19. The van der Waals surface area contributed by atoms with E-state index in [9.17, 15) is 9.90 Å². The fourth-order valence-corrected chi connectivity index (χ4v) is 4.99. The third kappa shape index (κ3) is 5.78. The average molecular weight is 410 g/mol. The van der Waals surface area contributed by atoms with Gasteiger partial charge < -0.3 is 14.6 Å². The molecule has 0 aliphatic carbocycles. The number of phenolic OH excluding ortho intramolecular Hbond substituents is 1. The van der Waals surface area contributed by atoms with Crippen molar-refractivity contribution in [1.82, 2.24) is 0 Å². The third-order valence-electron chi connectivity index (χ3n) is 3.87. The number of carbonyl (C=O) groups excluding carboxylic acids is 1. The zero-order valence-corrected chi connectivity index (χ0v) is 17.6. The summed E-state index contributed by atoms with van der Waals surface area (Å²) in [6, 6.07) is 25.1. The molecule has 0 heterocycles. The van der Waals surface area contributed by atoms with Gasteiger partial charge in [-0.05, 0) is 57.2 Å². The number of carbonyl (C=O) groups is 1. The Bertz CT molecular complexity index is 910. The molecule has 0 unspecified atom stereocenters. The van der Waals surface area contributed by atoms with Crippen molar-refractivity contribution in [3.05, 3.63) is 78.9 Å². The molecule has 3 aromatic rings. The lowest BCUT2D eigenvalue weighted by atomic mass is 10.2. The van der Waals surface area contributed by atoms with Crippen LogP contribution in [-0.2, 0) is 20.4 Å². The summed E-state index contributed by atoms with van der Waals surface area (Å²) in [7, 11) is -0.507. The summed E-state index contributed by atoms with van der Waals surface area (Å²) in [5.41, 5.74) is -0.573. The Hall–Kier alpha value is -2.92. The first-order valence-corrected chi connectivity index (χ1v) is 10.6. The van der Waals surface area contributed by atoms with Crippen LogP contribution in [0.2, 0.25) is 0 Å². The SMILES string of the molecule is CC(C)(C)OC(=O)COc1ccc(O)cc1[S+](c1ccccc1)c1ccccc1. The fourth-order valence-electron chi connectivity index (χ4n) is 2.79. The highest BCUT2D eigenvalue weighted by atomic mass is 32.2. The van der Waals surface area contributed by atoms with Gasteiger partial charge >= 0.3 is 5.97 Å². The van der Waals surface area contributed by atoms with Crippen LogP contribution in [-0.4, -0.2) is 23.3 Å². The van der Waals surface area contributed by atoms with E-state index in [0.29, 0.717) is 5.75 Å². The summed E-state index contributed by atoms with van der Waals surface area (Å²) < 4.78 is 11.2. The van der Waals surface area contributed by atoms with Crippen LogP contribution >= 0.6 is 0 Å². The van der Waals surface area contributed by atoms with Crippen LogP contribution in [0.1, 0.15) is 20.8 Å². The molecule has 150 valence electrons. The molecule has 3 aromatic carbocycles. The molecular formula is C24H25O4S+. The molecule has 29 heavy (non-hydrogen) atoms. The first-order chi connectivity index (χ1) is 13.8. The summed E-state index contributed by atoms with van der Waals surface area (Å²) in [5.74, 6) is 0.259. The normalized spacial score (nSPS) is 11.3. The Kier molecular flexibility index (Phi) is 6.49. The number of ether oxygens (including phenoxy) is 2. The molecule has 3 rings (SSSR count). The molecule has 0 aliphatic heterocycles. The fraction of sp³-hybridized carbons (Fsp3) is 0.208. The third-order valence-corrected chi connectivity index (χ3v) is 6.12. The largest absolute Gasteiger partial charge is 0.508 e. The maximum absolute atomic E-state index is 12.1. The molecule has 0 radical (unpaired) electrons. The molecule has 0 atom stereocenters. The second kappa shape index (κ2) is 9.05. The summed E-state index contributed by atoms with van der Waals surface area (Å²) in [5, 5.41) is 10.2. The van der Waals surface area contributed by atoms with E-state index in [4.69, 9.17) is 9.47 Å². The number of benzene rings is 3. The molecule has 0 aromatic heterocycles. The van der Waals surface area contributed by atoms with Crippen molar-refractivity contribution in [1.29, 1.82) is 0 Å². The Morgan fingerprint density at radius 1 is 0.897 bits per heavy atom. The molecule has 0 amide bonds. The van der Waals surface area contributed by atoms with E-state index >= 15 is 0 Å². The van der Waals surface area contributed by atoms with Gasteiger partial charge in [0.1, 0.15) is 22.2 Å². The first-order valence-electron chi connectivity index (χ1n) is 9.35. The first kappa shape index (κ1) is 20.8. The highest BCUT2D eigenvalue weighted by molar-refractivity contribution is 7.97. The van der Waals surface area contributed by atoms with Crippen molar-refractivity contribution < 1.29 is 19.4 Å². The molecule has 0 fully saturated rings. The molecule has 0 saturated heterocycles. The van der Waals surface area contributed by atoms with E-state index in [0.717, 1.165) is 14.7 Å². The molecule has 0 saturated carbocycles. The average Bonchev–Trinajstić information content (AvgIpc) is 2.68. The van der Waals surface area contributed by atoms with E-state index in [1.54, 1.807) is 18.2 Å². The van der Waals surface area contributed by atoms with Crippen molar-refractivity contribution in [2.45, 2.75) is 41.1 Å². The van der Waals surface area contributed by atoms with Gasteiger partial charge in [0, 0.05) is 6.07 Å². The number of rotatable bonds is 6. The lowest BCUT2D eigenvalue weighted by Crippen LogP contribution is -2.27. The van der Waals surface area contributed by atoms with Gasteiger partial charge in [0.2, 0.25) is 4.90 Å². The van der Waals surface area contributed by atoms with E-state index in [1.165, 1.54) is 0 Å². The maximum atomic E-state index is 12.1. The van der Waals surface area contributed by atoms with Crippen molar-refractivity contribution in [3.63, 3.8) is 0 Å². The van der Waals surface area contributed by atoms with Gasteiger partial charge in [-0.2, -0.15) is 0 Å². The second-order valence-corrected chi connectivity index (χ2v) is 9.43. The van der Waals surface area contributed by atoms with Crippen molar-refractivity contribution >= 4 is 16.9 Å². The Morgan fingerprint density at radius 2 is 1.45 bits per heavy atom. The maximum Gasteiger partial charge on any atom is 0.344 e. The number of phenols is 1. The van der Waals surface area contributed by atoms with Crippen molar-refractivity contribution in [2.75, 3.05) is 6.61 Å². The van der Waals surface area contributed by atoms with Crippen LogP contribution in [0.4, 0.5) is 0 Å². The smallest absolute Gasteiger partial charge is 0.344 e. The quantitative estimate of drug-likeness (QED) is 0.449. The number of aromatic hydroxyl groups is 1. The zero-order valence-electron chi connectivity index (χ0n) is 16.8. The van der Waals surface area contributed by atoms with Crippen molar-refractivity contribution in [2.24, 2.45) is 0 Å². The van der Waals surface area contributed by atoms with E-state index in [2.05, 4.69) is 24.3 Å². The van der Waals surface area contributed by atoms with E-state index in [-0.39, 0.29) is 12.4 Å². The summed E-state index contributed by atoms with van der Waals surface area (Å²) in [6.07, 6.45) is 0. The summed E-state index contributed by atoms with van der Waals surface area (Å²) >= 11 is 0.